The Kier molecular flexibility index (Phi) is 5.52. The van der Waals surface area contributed by atoms with Gasteiger partial charge in [0.05, 0.1) is 0 Å². The third-order valence-corrected chi connectivity index (χ3v) is 6.26. The zero-order valence-corrected chi connectivity index (χ0v) is 15.2. The molecule has 2 heterocycles. The van der Waals surface area contributed by atoms with Gasteiger partial charge in [-0.3, -0.25) is 4.79 Å². The molecule has 0 aromatic carbocycles. The molecule has 1 saturated heterocycles. The van der Waals surface area contributed by atoms with E-state index in [1.807, 2.05) is 6.92 Å². The van der Waals surface area contributed by atoms with Crippen molar-refractivity contribution < 1.29 is 13.2 Å². The Labute approximate surface area is 138 Å². The molecule has 1 N–H and O–H groups in total. The second-order valence-corrected chi connectivity index (χ2v) is 8.69. The van der Waals surface area contributed by atoms with Crippen LogP contribution in [0.1, 0.15) is 50.5 Å². The van der Waals surface area contributed by atoms with Gasteiger partial charge in [0.25, 0.3) is 5.91 Å². The molecule has 0 saturated carbocycles. The monoisotopic (exact) mass is 341 g/mol. The highest BCUT2D eigenvalue weighted by Gasteiger charge is 2.29. The largest absolute Gasteiger partial charge is 0.356 e. The Morgan fingerprint density at radius 3 is 2.48 bits per heavy atom. The molecule has 1 aromatic heterocycles. The van der Waals surface area contributed by atoms with Crippen molar-refractivity contribution in [3.63, 3.8) is 0 Å². The summed E-state index contributed by atoms with van der Waals surface area (Å²) in [6.07, 6.45) is 4.11. The number of nitrogens with zero attached hydrogens (tertiary/aromatic N) is 2. The highest BCUT2D eigenvalue weighted by atomic mass is 32.2. The molecular weight excluding hydrogens is 314 g/mol. The van der Waals surface area contributed by atoms with Crippen molar-refractivity contribution in [3.8, 4) is 0 Å². The molecule has 0 radical (unpaired) electrons. The summed E-state index contributed by atoms with van der Waals surface area (Å²) in [5.41, 5.74) is 0.320. The average Bonchev–Trinajstić information content (AvgIpc) is 3.16. The van der Waals surface area contributed by atoms with Crippen LogP contribution in [-0.2, 0) is 10.0 Å². The third-order valence-electron chi connectivity index (χ3n) is 4.38. The molecule has 1 aliphatic heterocycles. The van der Waals surface area contributed by atoms with Crippen LogP contribution in [0.5, 0.6) is 0 Å². The number of H-pyrrole nitrogens is 1. The Bertz CT molecular complexity index is 645. The first-order valence-electron chi connectivity index (χ1n) is 8.19. The zero-order chi connectivity index (χ0) is 17.2. The fraction of sp³-hybridized carbons (Fsp3) is 0.688. The van der Waals surface area contributed by atoms with Gasteiger partial charge in [-0.1, -0.05) is 13.8 Å². The van der Waals surface area contributed by atoms with Crippen molar-refractivity contribution in [1.29, 1.82) is 0 Å². The fourth-order valence-corrected chi connectivity index (χ4v) is 4.47. The lowest BCUT2D eigenvalue weighted by Crippen LogP contribution is -2.36. The number of carbonyl (C=O) groups is 1. The van der Waals surface area contributed by atoms with Gasteiger partial charge in [-0.05, 0) is 38.2 Å². The lowest BCUT2D eigenvalue weighted by Gasteiger charge is -2.25. The molecule has 0 bridgehead atoms. The smallest absolute Gasteiger partial charge is 0.270 e. The SMILES string of the molecule is CC(C)C[C@H](C)N(C)C(=O)c1cc(S(=O)(=O)N2CCCC2)c[nH]1. The topological polar surface area (TPSA) is 73.5 Å². The standard InChI is InChI=1S/C16H27N3O3S/c1-12(2)9-13(3)18(4)16(20)15-10-14(11-17-15)23(21,22)19-7-5-6-8-19/h10-13,17H,5-9H2,1-4H3/t13-/m0/s1. The molecule has 23 heavy (non-hydrogen) atoms. The molecule has 0 aliphatic carbocycles. The van der Waals surface area contributed by atoms with E-state index < -0.39 is 10.0 Å². The number of aromatic amines is 1. The molecule has 1 amide bonds. The number of hydrogen-bond donors (Lipinski definition) is 1. The first kappa shape index (κ1) is 18.0. The molecule has 0 unspecified atom stereocenters. The summed E-state index contributed by atoms with van der Waals surface area (Å²) in [6.45, 7) is 7.35. The summed E-state index contributed by atoms with van der Waals surface area (Å²) in [7, 11) is -1.73. The predicted octanol–water partition coefficient (Wildman–Crippen LogP) is 2.31. The van der Waals surface area contributed by atoms with Gasteiger partial charge < -0.3 is 9.88 Å². The van der Waals surface area contributed by atoms with Crippen LogP contribution in [0.15, 0.2) is 17.2 Å². The van der Waals surface area contributed by atoms with E-state index in [1.54, 1.807) is 11.9 Å². The van der Waals surface area contributed by atoms with Crippen molar-refractivity contribution in [3.05, 3.63) is 18.0 Å². The van der Waals surface area contributed by atoms with Crippen molar-refractivity contribution in [1.82, 2.24) is 14.2 Å². The van der Waals surface area contributed by atoms with Gasteiger partial charge >= 0.3 is 0 Å². The van der Waals surface area contributed by atoms with Crippen LogP contribution in [-0.4, -0.2) is 54.7 Å². The van der Waals surface area contributed by atoms with Gasteiger partial charge in [0.2, 0.25) is 10.0 Å². The van der Waals surface area contributed by atoms with Gasteiger partial charge in [0, 0.05) is 32.4 Å². The quantitative estimate of drug-likeness (QED) is 0.863. The second-order valence-electron chi connectivity index (χ2n) is 6.75. The van der Waals surface area contributed by atoms with Crippen LogP contribution >= 0.6 is 0 Å². The van der Waals surface area contributed by atoms with Crippen molar-refractivity contribution in [2.45, 2.75) is 51.0 Å². The van der Waals surface area contributed by atoms with Gasteiger partial charge in [0.1, 0.15) is 10.6 Å². The number of hydrogen-bond acceptors (Lipinski definition) is 3. The molecule has 6 nitrogen and oxygen atoms in total. The molecule has 130 valence electrons. The van der Waals surface area contributed by atoms with E-state index in [0.29, 0.717) is 24.7 Å². The maximum Gasteiger partial charge on any atom is 0.270 e. The van der Waals surface area contributed by atoms with E-state index in [-0.39, 0.29) is 16.8 Å². The van der Waals surface area contributed by atoms with Crippen LogP contribution < -0.4 is 0 Å². The molecule has 1 aromatic rings. The summed E-state index contributed by atoms with van der Waals surface area (Å²) < 4.78 is 26.5. The van der Waals surface area contributed by atoms with E-state index in [1.165, 1.54) is 16.6 Å². The normalized spacial score (nSPS) is 17.6. The lowest BCUT2D eigenvalue weighted by atomic mass is 10.0. The Morgan fingerprint density at radius 1 is 1.30 bits per heavy atom. The first-order chi connectivity index (χ1) is 10.7. The third kappa shape index (κ3) is 3.95. The maximum atomic E-state index is 12.5. The summed E-state index contributed by atoms with van der Waals surface area (Å²) in [5.74, 6) is 0.316. The summed E-state index contributed by atoms with van der Waals surface area (Å²) in [4.78, 5) is 17.2. The number of rotatable bonds is 6. The van der Waals surface area contributed by atoms with Crippen LogP contribution in [0, 0.1) is 5.92 Å². The minimum absolute atomic E-state index is 0.101. The number of aromatic nitrogens is 1. The van der Waals surface area contributed by atoms with Crippen molar-refractivity contribution in [2.75, 3.05) is 20.1 Å². The van der Waals surface area contributed by atoms with Crippen LogP contribution in [0.3, 0.4) is 0 Å². The molecular formula is C16H27N3O3S. The maximum absolute atomic E-state index is 12.5. The van der Waals surface area contributed by atoms with Crippen LogP contribution in [0.2, 0.25) is 0 Å². The minimum Gasteiger partial charge on any atom is -0.356 e. The van der Waals surface area contributed by atoms with E-state index in [2.05, 4.69) is 18.8 Å². The highest BCUT2D eigenvalue weighted by Crippen LogP contribution is 2.22. The van der Waals surface area contributed by atoms with Gasteiger partial charge in [-0.15, -0.1) is 0 Å². The van der Waals surface area contributed by atoms with Crippen molar-refractivity contribution in [2.24, 2.45) is 5.92 Å². The number of amides is 1. The second kappa shape index (κ2) is 7.05. The van der Waals surface area contributed by atoms with Gasteiger partial charge in [0.15, 0.2) is 0 Å². The molecule has 1 atom stereocenters. The molecule has 2 rings (SSSR count). The minimum atomic E-state index is -3.48. The fourth-order valence-electron chi connectivity index (χ4n) is 2.95. The van der Waals surface area contributed by atoms with Crippen molar-refractivity contribution >= 4 is 15.9 Å². The van der Waals surface area contributed by atoms with E-state index in [9.17, 15) is 13.2 Å². The van der Waals surface area contributed by atoms with E-state index >= 15 is 0 Å². The number of carbonyl (C=O) groups excluding carboxylic acids is 1. The summed E-state index contributed by atoms with van der Waals surface area (Å²) >= 11 is 0. The lowest BCUT2D eigenvalue weighted by molar-refractivity contribution is 0.0723. The van der Waals surface area contributed by atoms with Gasteiger partial charge in [-0.2, -0.15) is 4.31 Å². The highest BCUT2D eigenvalue weighted by molar-refractivity contribution is 7.89. The predicted molar refractivity (Wildman–Crippen MR) is 89.8 cm³/mol. The first-order valence-corrected chi connectivity index (χ1v) is 9.63. The summed E-state index contributed by atoms with van der Waals surface area (Å²) in [6, 6.07) is 1.55. The Balaban J connectivity index is 2.13. The molecule has 1 fully saturated rings. The molecule has 7 heteroatoms. The van der Waals surface area contributed by atoms with Gasteiger partial charge in [-0.25, -0.2) is 8.42 Å². The molecule has 0 spiro atoms. The van der Waals surface area contributed by atoms with E-state index in [0.717, 1.165) is 19.3 Å². The summed E-state index contributed by atoms with van der Waals surface area (Å²) in [5, 5.41) is 0. The average molecular weight is 341 g/mol. The van der Waals surface area contributed by atoms with Crippen LogP contribution in [0.4, 0.5) is 0 Å². The zero-order valence-electron chi connectivity index (χ0n) is 14.4. The van der Waals surface area contributed by atoms with Crippen LogP contribution in [0.25, 0.3) is 0 Å². The Hall–Kier alpha value is -1.34. The molecule has 1 aliphatic rings. The Morgan fingerprint density at radius 2 is 1.91 bits per heavy atom. The number of sulfonamides is 1. The number of nitrogens with one attached hydrogen (secondary N) is 1. The van der Waals surface area contributed by atoms with E-state index in [4.69, 9.17) is 0 Å².